The van der Waals surface area contributed by atoms with Gasteiger partial charge >= 0.3 is 5.97 Å². The molecule has 0 atom stereocenters. The molecule has 0 radical (unpaired) electrons. The summed E-state index contributed by atoms with van der Waals surface area (Å²) in [5, 5.41) is 9.30. The summed E-state index contributed by atoms with van der Waals surface area (Å²) in [6.07, 6.45) is 0.878. The minimum Gasteiger partial charge on any atom is -0.493 e. The Labute approximate surface area is 122 Å². The number of hydrogen-bond acceptors (Lipinski definition) is 5. The van der Waals surface area contributed by atoms with Crippen LogP contribution in [0, 0.1) is 0 Å². The standard InChI is InChI=1S/C14H16O6S/c1-19-12-6-9(14(4-5-14)13(15)16)2-3-11(12)20-10-7-21(17,18)8-10/h2-3,6,10H,4-5,7-8H2,1H3,(H,15,16). The third-order valence-electron chi connectivity index (χ3n) is 4.05. The predicted octanol–water partition coefficient (Wildman–Crippen LogP) is 0.987. The van der Waals surface area contributed by atoms with Crippen molar-refractivity contribution in [2.24, 2.45) is 0 Å². The molecular weight excluding hydrogens is 296 g/mol. The van der Waals surface area contributed by atoms with E-state index in [1.54, 1.807) is 18.2 Å². The zero-order valence-corrected chi connectivity index (χ0v) is 12.4. The number of rotatable bonds is 5. The van der Waals surface area contributed by atoms with E-state index in [4.69, 9.17) is 9.47 Å². The van der Waals surface area contributed by atoms with E-state index >= 15 is 0 Å². The van der Waals surface area contributed by atoms with Gasteiger partial charge in [0, 0.05) is 0 Å². The van der Waals surface area contributed by atoms with E-state index < -0.39 is 21.2 Å². The maximum absolute atomic E-state index is 11.3. The lowest BCUT2D eigenvalue weighted by atomic mass is 9.96. The number of carbonyl (C=O) groups is 1. The topological polar surface area (TPSA) is 89.9 Å². The summed E-state index contributed by atoms with van der Waals surface area (Å²) in [5.41, 5.74) is -0.105. The van der Waals surface area contributed by atoms with Gasteiger partial charge in [-0.05, 0) is 30.5 Å². The Morgan fingerprint density at radius 1 is 1.29 bits per heavy atom. The van der Waals surface area contributed by atoms with Gasteiger partial charge in [-0.1, -0.05) is 6.07 Å². The van der Waals surface area contributed by atoms with Gasteiger partial charge in [-0.2, -0.15) is 0 Å². The number of ether oxygens (including phenoxy) is 2. The molecule has 0 unspecified atom stereocenters. The summed E-state index contributed by atoms with van der Waals surface area (Å²) in [7, 11) is -1.47. The quantitative estimate of drug-likeness (QED) is 0.872. The highest BCUT2D eigenvalue weighted by molar-refractivity contribution is 7.92. The summed E-state index contributed by atoms with van der Waals surface area (Å²) in [5.74, 6) is 0.0727. The molecule has 1 aromatic rings. The summed E-state index contributed by atoms with van der Waals surface area (Å²) in [4.78, 5) is 11.3. The smallest absolute Gasteiger partial charge is 0.314 e. The van der Waals surface area contributed by atoms with Crippen LogP contribution >= 0.6 is 0 Å². The van der Waals surface area contributed by atoms with Crippen LogP contribution in [0.5, 0.6) is 11.5 Å². The average Bonchev–Trinajstić information content (AvgIpc) is 3.18. The third-order valence-corrected chi connectivity index (χ3v) is 5.81. The van der Waals surface area contributed by atoms with Crippen molar-refractivity contribution in [1.82, 2.24) is 0 Å². The molecule has 2 fully saturated rings. The molecule has 0 bridgehead atoms. The van der Waals surface area contributed by atoms with Gasteiger partial charge in [0.05, 0.1) is 24.0 Å². The lowest BCUT2D eigenvalue weighted by Gasteiger charge is -2.27. The number of sulfone groups is 1. The number of benzene rings is 1. The third kappa shape index (κ3) is 2.46. The van der Waals surface area contributed by atoms with Gasteiger partial charge in [-0.25, -0.2) is 8.42 Å². The average molecular weight is 312 g/mol. The van der Waals surface area contributed by atoms with Gasteiger partial charge in [0.15, 0.2) is 21.3 Å². The highest BCUT2D eigenvalue weighted by Gasteiger charge is 2.52. The van der Waals surface area contributed by atoms with Gasteiger partial charge in [0.2, 0.25) is 0 Å². The molecule has 7 heteroatoms. The monoisotopic (exact) mass is 312 g/mol. The Bertz CT molecular complexity index is 677. The molecule has 114 valence electrons. The number of aliphatic carboxylic acids is 1. The summed E-state index contributed by atoms with van der Waals surface area (Å²) in [6.45, 7) is 0. The fourth-order valence-electron chi connectivity index (χ4n) is 2.58. The van der Waals surface area contributed by atoms with Crippen molar-refractivity contribution in [3.05, 3.63) is 23.8 Å². The maximum Gasteiger partial charge on any atom is 0.314 e. The van der Waals surface area contributed by atoms with Gasteiger partial charge < -0.3 is 14.6 Å². The van der Waals surface area contributed by atoms with Crippen molar-refractivity contribution in [3.63, 3.8) is 0 Å². The molecule has 0 aromatic heterocycles. The van der Waals surface area contributed by atoms with Crippen LogP contribution in [0.25, 0.3) is 0 Å². The van der Waals surface area contributed by atoms with E-state index in [2.05, 4.69) is 0 Å². The minimum absolute atomic E-state index is 0.0109. The molecule has 1 aromatic carbocycles. The van der Waals surface area contributed by atoms with Crippen LogP contribution < -0.4 is 9.47 Å². The summed E-state index contributed by atoms with van der Waals surface area (Å²) in [6, 6.07) is 5.04. The van der Waals surface area contributed by atoms with Gasteiger partial charge in [-0.15, -0.1) is 0 Å². The van der Waals surface area contributed by atoms with Crippen molar-refractivity contribution < 1.29 is 27.8 Å². The van der Waals surface area contributed by atoms with Crippen LogP contribution in [-0.2, 0) is 20.0 Å². The highest BCUT2D eigenvalue weighted by atomic mass is 32.2. The largest absolute Gasteiger partial charge is 0.493 e. The van der Waals surface area contributed by atoms with E-state index in [9.17, 15) is 18.3 Å². The van der Waals surface area contributed by atoms with Crippen molar-refractivity contribution in [2.45, 2.75) is 24.4 Å². The van der Waals surface area contributed by atoms with Gasteiger partial charge in [0.1, 0.15) is 6.10 Å². The number of methoxy groups -OCH3 is 1. The van der Waals surface area contributed by atoms with Crippen molar-refractivity contribution in [3.8, 4) is 11.5 Å². The second-order valence-electron chi connectivity index (χ2n) is 5.57. The molecule has 1 saturated carbocycles. The Morgan fingerprint density at radius 2 is 1.95 bits per heavy atom. The van der Waals surface area contributed by atoms with Crippen LogP contribution in [-0.4, -0.2) is 44.2 Å². The Morgan fingerprint density at radius 3 is 2.43 bits per heavy atom. The lowest BCUT2D eigenvalue weighted by molar-refractivity contribution is -0.140. The Hall–Kier alpha value is -1.76. The van der Waals surface area contributed by atoms with E-state index in [0.29, 0.717) is 29.9 Å². The maximum atomic E-state index is 11.3. The molecule has 1 aliphatic carbocycles. The van der Waals surface area contributed by atoms with Crippen LogP contribution in [0.1, 0.15) is 18.4 Å². The molecule has 1 N–H and O–H groups in total. The van der Waals surface area contributed by atoms with E-state index in [1.165, 1.54) is 7.11 Å². The van der Waals surface area contributed by atoms with E-state index in [0.717, 1.165) is 0 Å². The molecule has 0 spiro atoms. The van der Waals surface area contributed by atoms with Crippen LogP contribution in [0.2, 0.25) is 0 Å². The molecule has 21 heavy (non-hydrogen) atoms. The highest BCUT2D eigenvalue weighted by Crippen LogP contribution is 2.50. The number of hydrogen-bond donors (Lipinski definition) is 1. The SMILES string of the molecule is COc1cc(C2(C(=O)O)CC2)ccc1OC1CS(=O)(=O)C1. The molecule has 3 rings (SSSR count). The first-order valence-corrected chi connectivity index (χ1v) is 8.47. The van der Waals surface area contributed by atoms with Gasteiger partial charge in [-0.3, -0.25) is 4.79 Å². The summed E-state index contributed by atoms with van der Waals surface area (Å²) < 4.78 is 33.1. The first kappa shape index (κ1) is 14.2. The van der Waals surface area contributed by atoms with Crippen molar-refractivity contribution in [1.29, 1.82) is 0 Å². The zero-order chi connectivity index (χ0) is 15.3. The first-order valence-electron chi connectivity index (χ1n) is 6.65. The Kier molecular flexibility index (Phi) is 3.12. The fourth-order valence-corrected chi connectivity index (χ4v) is 3.75. The summed E-state index contributed by atoms with van der Waals surface area (Å²) >= 11 is 0. The molecule has 1 saturated heterocycles. The second kappa shape index (κ2) is 4.62. The number of carboxylic acid groups (broad SMARTS) is 1. The zero-order valence-electron chi connectivity index (χ0n) is 11.5. The van der Waals surface area contributed by atoms with Crippen molar-refractivity contribution >= 4 is 15.8 Å². The van der Waals surface area contributed by atoms with Crippen LogP contribution in [0.3, 0.4) is 0 Å². The number of carboxylic acids is 1. The first-order chi connectivity index (χ1) is 9.86. The predicted molar refractivity (Wildman–Crippen MR) is 74.6 cm³/mol. The van der Waals surface area contributed by atoms with Gasteiger partial charge in [0.25, 0.3) is 0 Å². The molecule has 1 aliphatic heterocycles. The fraction of sp³-hybridized carbons (Fsp3) is 0.500. The van der Waals surface area contributed by atoms with Crippen LogP contribution in [0.15, 0.2) is 18.2 Å². The van der Waals surface area contributed by atoms with E-state index in [1.807, 2.05) is 0 Å². The van der Waals surface area contributed by atoms with E-state index in [-0.39, 0.29) is 17.6 Å². The Balaban J connectivity index is 1.82. The minimum atomic E-state index is -2.95. The normalized spacial score (nSPS) is 22.1. The lowest BCUT2D eigenvalue weighted by Crippen LogP contribution is -2.45. The van der Waals surface area contributed by atoms with Crippen LogP contribution in [0.4, 0.5) is 0 Å². The molecule has 0 amide bonds. The molecule has 6 nitrogen and oxygen atoms in total. The second-order valence-corrected chi connectivity index (χ2v) is 7.72. The molecular formula is C14H16O6S. The van der Waals surface area contributed by atoms with Crippen molar-refractivity contribution in [2.75, 3.05) is 18.6 Å². The molecule has 2 aliphatic rings. The molecule has 1 heterocycles.